The van der Waals surface area contributed by atoms with Crippen LogP contribution in [-0.4, -0.2) is 44.4 Å². The number of nitrogens with zero attached hydrogens (tertiary/aromatic N) is 6. The van der Waals surface area contributed by atoms with Crippen molar-refractivity contribution in [3.05, 3.63) is 41.4 Å². The molecule has 0 saturated carbocycles. The number of nitrogens with one attached hydrogen (secondary N) is 1. The van der Waals surface area contributed by atoms with Gasteiger partial charge in [-0.3, -0.25) is 4.98 Å². The third kappa shape index (κ3) is 3.19. The van der Waals surface area contributed by atoms with Crippen LogP contribution >= 0.6 is 11.6 Å². The quantitative estimate of drug-likeness (QED) is 0.760. The van der Waals surface area contributed by atoms with Crippen LogP contribution in [0.15, 0.2) is 30.6 Å². The summed E-state index contributed by atoms with van der Waals surface area (Å²) in [5.74, 6) is 2.39. The van der Waals surface area contributed by atoms with Gasteiger partial charge in [0.05, 0.1) is 10.7 Å². The Kier molecular flexibility index (Phi) is 4.19. The van der Waals surface area contributed by atoms with Crippen LogP contribution in [0.25, 0.3) is 5.65 Å². The van der Waals surface area contributed by atoms with Crippen LogP contribution < -0.4 is 10.2 Å². The van der Waals surface area contributed by atoms with E-state index in [2.05, 4.69) is 46.2 Å². The molecule has 3 aromatic rings. The van der Waals surface area contributed by atoms with E-state index in [4.69, 9.17) is 16.7 Å². The molecule has 0 bridgehead atoms. The zero-order chi connectivity index (χ0) is 18.3. The minimum atomic E-state index is -0.101. The van der Waals surface area contributed by atoms with E-state index in [1.807, 2.05) is 22.7 Å². The second-order valence-electron chi connectivity index (χ2n) is 7.74. The molecule has 136 valence electrons. The number of hydrogen-bond donors (Lipinski definition) is 1. The van der Waals surface area contributed by atoms with Crippen LogP contribution in [0.3, 0.4) is 0 Å². The molecule has 4 heterocycles. The van der Waals surface area contributed by atoms with Gasteiger partial charge in [-0.15, -0.1) is 15.3 Å². The highest BCUT2D eigenvalue weighted by Crippen LogP contribution is 2.26. The van der Waals surface area contributed by atoms with Crippen molar-refractivity contribution in [3.8, 4) is 0 Å². The van der Waals surface area contributed by atoms with Crippen molar-refractivity contribution in [2.75, 3.05) is 29.9 Å². The molecular formula is C18H22ClN7. The average molecular weight is 372 g/mol. The van der Waals surface area contributed by atoms with Gasteiger partial charge in [-0.05, 0) is 18.2 Å². The maximum absolute atomic E-state index is 6.13. The number of halogens is 1. The molecule has 4 rings (SSSR count). The van der Waals surface area contributed by atoms with Crippen molar-refractivity contribution < 1.29 is 0 Å². The lowest BCUT2D eigenvalue weighted by atomic mass is 9.96. The van der Waals surface area contributed by atoms with E-state index in [1.54, 1.807) is 12.4 Å². The Balaban J connectivity index is 1.42. The van der Waals surface area contributed by atoms with Gasteiger partial charge in [0.2, 0.25) is 0 Å². The molecule has 1 fully saturated rings. The molecule has 0 unspecified atom stereocenters. The zero-order valence-electron chi connectivity index (χ0n) is 15.1. The molecule has 0 spiro atoms. The van der Waals surface area contributed by atoms with Crippen molar-refractivity contribution in [2.24, 2.45) is 5.92 Å². The van der Waals surface area contributed by atoms with E-state index < -0.39 is 0 Å². The number of pyridine rings is 1. The maximum Gasteiger partial charge on any atom is 0.178 e. The molecule has 0 atom stereocenters. The predicted molar refractivity (Wildman–Crippen MR) is 103 cm³/mol. The normalized spacial score (nSPS) is 15.3. The van der Waals surface area contributed by atoms with E-state index in [0.29, 0.717) is 10.9 Å². The Morgan fingerprint density at radius 1 is 1.19 bits per heavy atom. The van der Waals surface area contributed by atoms with Crippen LogP contribution in [0.5, 0.6) is 0 Å². The van der Waals surface area contributed by atoms with Gasteiger partial charge in [0.15, 0.2) is 11.5 Å². The highest BCUT2D eigenvalue weighted by atomic mass is 35.5. The number of fused-ring (bicyclic) bond motifs is 1. The first-order valence-electron chi connectivity index (χ1n) is 8.73. The Hall–Kier alpha value is -2.41. The first-order chi connectivity index (χ1) is 12.4. The second kappa shape index (κ2) is 6.39. The van der Waals surface area contributed by atoms with Crippen molar-refractivity contribution >= 4 is 28.8 Å². The van der Waals surface area contributed by atoms with Gasteiger partial charge >= 0.3 is 0 Å². The summed E-state index contributed by atoms with van der Waals surface area (Å²) in [7, 11) is 0. The van der Waals surface area contributed by atoms with Gasteiger partial charge in [-0.25, -0.2) is 0 Å². The maximum atomic E-state index is 6.13. The van der Waals surface area contributed by atoms with Crippen LogP contribution in [0.2, 0.25) is 5.02 Å². The smallest absolute Gasteiger partial charge is 0.178 e. The van der Waals surface area contributed by atoms with Gasteiger partial charge in [-0.2, -0.15) is 4.52 Å². The van der Waals surface area contributed by atoms with Crippen LogP contribution in [0, 0.1) is 5.92 Å². The van der Waals surface area contributed by atoms with Crippen LogP contribution in [0.4, 0.5) is 11.5 Å². The summed E-state index contributed by atoms with van der Waals surface area (Å²) in [6.45, 7) is 9.15. The summed E-state index contributed by atoms with van der Waals surface area (Å²) in [5.41, 5.74) is 1.61. The van der Waals surface area contributed by atoms with E-state index in [0.717, 1.165) is 42.6 Å². The van der Waals surface area contributed by atoms with E-state index in [-0.39, 0.29) is 5.41 Å². The van der Waals surface area contributed by atoms with Crippen molar-refractivity contribution in [1.29, 1.82) is 0 Å². The number of aromatic nitrogens is 5. The lowest BCUT2D eigenvalue weighted by molar-refractivity contribution is 0.424. The molecule has 0 radical (unpaired) electrons. The molecule has 1 saturated heterocycles. The van der Waals surface area contributed by atoms with Gasteiger partial charge in [-0.1, -0.05) is 32.4 Å². The topological polar surface area (TPSA) is 71.2 Å². The van der Waals surface area contributed by atoms with Crippen LogP contribution in [0.1, 0.15) is 26.6 Å². The molecule has 0 amide bonds. The number of rotatable bonds is 4. The fourth-order valence-electron chi connectivity index (χ4n) is 3.07. The number of anilines is 2. The lowest BCUT2D eigenvalue weighted by Gasteiger charge is -2.40. The third-order valence-corrected chi connectivity index (χ3v) is 4.86. The fraction of sp³-hybridized carbons (Fsp3) is 0.444. The summed E-state index contributed by atoms with van der Waals surface area (Å²) in [6.07, 6.45) is 3.40. The molecule has 1 aliphatic rings. The monoisotopic (exact) mass is 371 g/mol. The highest BCUT2D eigenvalue weighted by Gasteiger charge is 2.29. The minimum Gasteiger partial charge on any atom is -0.383 e. The molecule has 0 aliphatic carbocycles. The van der Waals surface area contributed by atoms with E-state index in [1.165, 1.54) is 0 Å². The largest absolute Gasteiger partial charge is 0.383 e. The van der Waals surface area contributed by atoms with E-state index in [9.17, 15) is 0 Å². The fourth-order valence-corrected chi connectivity index (χ4v) is 3.26. The molecule has 3 aromatic heterocycles. The Bertz CT molecular complexity index is 925. The van der Waals surface area contributed by atoms with Crippen molar-refractivity contribution in [2.45, 2.75) is 26.2 Å². The number of hydrogen-bond acceptors (Lipinski definition) is 6. The molecule has 1 aliphatic heterocycles. The van der Waals surface area contributed by atoms with E-state index >= 15 is 0 Å². The lowest BCUT2D eigenvalue weighted by Crippen LogP contribution is -2.50. The summed E-state index contributed by atoms with van der Waals surface area (Å²) in [4.78, 5) is 6.27. The first kappa shape index (κ1) is 17.0. The first-order valence-corrected chi connectivity index (χ1v) is 9.11. The molecule has 7 nitrogen and oxygen atoms in total. The summed E-state index contributed by atoms with van der Waals surface area (Å²) < 4.78 is 1.86. The standard InChI is InChI=1S/C18H22ClN7/c1-18(2,3)17-23-22-15-4-5-16(24-26(15)17)25-10-12(11-25)8-21-14-6-7-20-9-13(14)19/h4-7,9,12H,8,10-11H2,1-3H3,(H,20,21). The minimum absolute atomic E-state index is 0.101. The van der Waals surface area contributed by atoms with Crippen molar-refractivity contribution in [3.63, 3.8) is 0 Å². The molecule has 0 aromatic carbocycles. The predicted octanol–water partition coefficient (Wildman–Crippen LogP) is 3.02. The molecule has 26 heavy (non-hydrogen) atoms. The third-order valence-electron chi connectivity index (χ3n) is 4.55. The summed E-state index contributed by atoms with van der Waals surface area (Å²) in [5, 5.41) is 17.3. The Morgan fingerprint density at radius 2 is 2.00 bits per heavy atom. The Morgan fingerprint density at radius 3 is 2.73 bits per heavy atom. The van der Waals surface area contributed by atoms with Crippen LogP contribution in [-0.2, 0) is 5.41 Å². The SMILES string of the molecule is CC(C)(C)c1nnc2ccc(N3CC(CNc4ccncc4Cl)C3)nn12. The zero-order valence-corrected chi connectivity index (χ0v) is 15.9. The molecule has 8 heteroatoms. The summed E-state index contributed by atoms with van der Waals surface area (Å²) >= 11 is 6.13. The summed E-state index contributed by atoms with van der Waals surface area (Å²) in [6, 6.07) is 5.89. The molecular weight excluding hydrogens is 350 g/mol. The van der Waals surface area contributed by atoms with Crippen molar-refractivity contribution in [1.82, 2.24) is 24.8 Å². The second-order valence-corrected chi connectivity index (χ2v) is 8.15. The molecule has 1 N–H and O–H groups in total. The Labute approximate surface area is 157 Å². The average Bonchev–Trinajstić information content (AvgIpc) is 2.98. The van der Waals surface area contributed by atoms with Gasteiger partial charge in [0, 0.05) is 43.4 Å². The van der Waals surface area contributed by atoms with Gasteiger partial charge < -0.3 is 10.2 Å². The van der Waals surface area contributed by atoms with Gasteiger partial charge in [0.25, 0.3) is 0 Å². The van der Waals surface area contributed by atoms with Gasteiger partial charge in [0.1, 0.15) is 5.82 Å². The highest BCUT2D eigenvalue weighted by molar-refractivity contribution is 6.33.